The number of quaternary nitrogens is 1. The van der Waals surface area contributed by atoms with E-state index >= 15 is 0 Å². The van der Waals surface area contributed by atoms with Gasteiger partial charge in [-0.1, -0.05) is 12.1 Å². The molecular formula is C15H21N2O2+. The first kappa shape index (κ1) is 13.7. The highest BCUT2D eigenvalue weighted by atomic mass is 16.2. The standard InChI is InChI=1S/C15H20N2O2/c1-10-6-5-7-11(8-10)17-13(18)9-12(14(17)19)16-15(2,3)4/h5-8,12,16H,9H2,1-4H3/p+1/t12-/m1/s1. The predicted octanol–water partition coefficient (Wildman–Crippen LogP) is 0.989. The van der Waals surface area contributed by atoms with E-state index < -0.39 is 0 Å². The van der Waals surface area contributed by atoms with Gasteiger partial charge in [-0.25, -0.2) is 4.90 Å². The number of carbonyl (C=O) groups excluding carboxylic acids is 2. The third kappa shape index (κ3) is 3.01. The largest absolute Gasteiger partial charge is 0.331 e. The summed E-state index contributed by atoms with van der Waals surface area (Å²) in [6.07, 6.45) is 0.282. The summed E-state index contributed by atoms with van der Waals surface area (Å²) in [7, 11) is 0. The number of nitrogens with zero attached hydrogens (tertiary/aromatic N) is 1. The molecule has 0 unspecified atom stereocenters. The van der Waals surface area contributed by atoms with Crippen LogP contribution in [0.2, 0.25) is 0 Å². The fourth-order valence-corrected chi connectivity index (χ4v) is 2.43. The summed E-state index contributed by atoms with van der Waals surface area (Å²) >= 11 is 0. The molecule has 0 saturated carbocycles. The summed E-state index contributed by atoms with van der Waals surface area (Å²) in [5.41, 5.74) is 1.66. The van der Waals surface area contributed by atoms with Crippen LogP contribution in [0, 0.1) is 6.92 Å². The van der Waals surface area contributed by atoms with Crippen molar-refractivity contribution in [3.63, 3.8) is 0 Å². The number of hydrogen-bond acceptors (Lipinski definition) is 2. The molecule has 2 amide bonds. The van der Waals surface area contributed by atoms with Gasteiger partial charge in [0, 0.05) is 0 Å². The van der Waals surface area contributed by atoms with Crippen molar-refractivity contribution in [2.75, 3.05) is 4.90 Å². The van der Waals surface area contributed by atoms with E-state index in [4.69, 9.17) is 0 Å². The molecule has 1 aromatic carbocycles. The zero-order valence-electron chi connectivity index (χ0n) is 11.9. The monoisotopic (exact) mass is 261 g/mol. The average molecular weight is 261 g/mol. The lowest BCUT2D eigenvalue weighted by atomic mass is 10.1. The molecule has 2 N–H and O–H groups in total. The number of aryl methyl sites for hydroxylation is 1. The van der Waals surface area contributed by atoms with Crippen LogP contribution in [-0.2, 0) is 9.59 Å². The molecular weight excluding hydrogens is 240 g/mol. The molecule has 1 heterocycles. The van der Waals surface area contributed by atoms with Crippen molar-refractivity contribution in [3.05, 3.63) is 29.8 Å². The number of anilines is 1. The Balaban J connectivity index is 2.24. The van der Waals surface area contributed by atoms with Crippen molar-refractivity contribution in [1.82, 2.24) is 0 Å². The molecule has 0 bridgehead atoms. The molecule has 2 rings (SSSR count). The van der Waals surface area contributed by atoms with E-state index in [0.717, 1.165) is 5.56 Å². The van der Waals surface area contributed by atoms with E-state index in [-0.39, 0.29) is 29.8 Å². The Hall–Kier alpha value is -1.68. The number of nitrogens with two attached hydrogens (primary N) is 1. The van der Waals surface area contributed by atoms with Gasteiger partial charge in [0.1, 0.15) is 0 Å². The minimum atomic E-state index is -0.298. The van der Waals surface area contributed by atoms with Crippen LogP contribution < -0.4 is 10.2 Å². The Morgan fingerprint density at radius 1 is 1.26 bits per heavy atom. The summed E-state index contributed by atoms with van der Waals surface area (Å²) < 4.78 is 0. The van der Waals surface area contributed by atoms with Crippen LogP contribution in [0.3, 0.4) is 0 Å². The molecule has 102 valence electrons. The Morgan fingerprint density at radius 2 is 1.95 bits per heavy atom. The van der Waals surface area contributed by atoms with Gasteiger partial charge in [-0.2, -0.15) is 0 Å². The number of rotatable bonds is 2. The summed E-state index contributed by atoms with van der Waals surface area (Å²) in [6.45, 7) is 8.08. The molecule has 1 fully saturated rings. The van der Waals surface area contributed by atoms with Gasteiger partial charge in [0.25, 0.3) is 5.91 Å². The van der Waals surface area contributed by atoms with Gasteiger partial charge in [0.15, 0.2) is 6.04 Å². The summed E-state index contributed by atoms with van der Waals surface area (Å²) in [4.78, 5) is 25.8. The van der Waals surface area contributed by atoms with Crippen molar-refractivity contribution in [3.8, 4) is 0 Å². The van der Waals surface area contributed by atoms with Crippen molar-refractivity contribution >= 4 is 17.5 Å². The second-order valence-corrected chi connectivity index (χ2v) is 6.25. The van der Waals surface area contributed by atoms with Crippen molar-refractivity contribution in [1.29, 1.82) is 0 Å². The summed E-state index contributed by atoms with van der Waals surface area (Å²) in [6, 6.07) is 7.20. The van der Waals surface area contributed by atoms with Gasteiger partial charge in [-0.3, -0.25) is 9.59 Å². The second-order valence-electron chi connectivity index (χ2n) is 6.25. The SMILES string of the molecule is Cc1cccc(N2C(=O)C[C@@H]([NH2+]C(C)(C)C)C2=O)c1. The Morgan fingerprint density at radius 3 is 2.53 bits per heavy atom. The molecule has 4 heteroatoms. The van der Waals surface area contributed by atoms with Crippen molar-refractivity contribution in [2.24, 2.45) is 0 Å². The van der Waals surface area contributed by atoms with Crippen LogP contribution in [-0.4, -0.2) is 23.4 Å². The number of imide groups is 1. The lowest BCUT2D eigenvalue weighted by Gasteiger charge is -2.21. The molecule has 1 saturated heterocycles. The molecule has 1 aliphatic rings. The van der Waals surface area contributed by atoms with E-state index in [1.807, 2.05) is 57.3 Å². The Bertz CT molecular complexity index is 517. The first-order chi connectivity index (χ1) is 8.78. The topological polar surface area (TPSA) is 54.0 Å². The molecule has 1 aromatic rings. The first-order valence-electron chi connectivity index (χ1n) is 6.57. The molecule has 4 nitrogen and oxygen atoms in total. The lowest BCUT2D eigenvalue weighted by molar-refractivity contribution is -0.734. The van der Waals surface area contributed by atoms with Crippen LogP contribution in [0.5, 0.6) is 0 Å². The lowest BCUT2D eigenvalue weighted by Crippen LogP contribution is -3.00. The van der Waals surface area contributed by atoms with Gasteiger partial charge in [-0.05, 0) is 45.4 Å². The predicted molar refractivity (Wildman–Crippen MR) is 73.8 cm³/mol. The third-order valence-corrected chi connectivity index (χ3v) is 3.14. The van der Waals surface area contributed by atoms with E-state index in [2.05, 4.69) is 0 Å². The molecule has 1 atom stereocenters. The molecule has 1 aliphatic heterocycles. The number of carbonyl (C=O) groups is 2. The first-order valence-corrected chi connectivity index (χ1v) is 6.57. The maximum Gasteiger partial charge on any atom is 0.292 e. The van der Waals surface area contributed by atoms with Crippen molar-refractivity contribution in [2.45, 2.75) is 45.7 Å². The van der Waals surface area contributed by atoms with Crippen LogP contribution >= 0.6 is 0 Å². The average Bonchev–Trinajstić information content (AvgIpc) is 2.51. The van der Waals surface area contributed by atoms with Crippen LogP contribution in [0.15, 0.2) is 24.3 Å². The van der Waals surface area contributed by atoms with Gasteiger partial charge in [0.05, 0.1) is 17.6 Å². The number of hydrogen-bond donors (Lipinski definition) is 1. The molecule has 0 aromatic heterocycles. The van der Waals surface area contributed by atoms with E-state index in [0.29, 0.717) is 5.69 Å². The smallest absolute Gasteiger partial charge is 0.292 e. The van der Waals surface area contributed by atoms with Crippen LogP contribution in [0.4, 0.5) is 5.69 Å². The highest BCUT2D eigenvalue weighted by Gasteiger charge is 2.43. The summed E-state index contributed by atoms with van der Waals surface area (Å²) in [5, 5.41) is 1.98. The maximum absolute atomic E-state index is 12.4. The van der Waals surface area contributed by atoms with Crippen LogP contribution in [0.1, 0.15) is 32.8 Å². The minimum absolute atomic E-state index is 0.0662. The molecule has 0 aliphatic carbocycles. The van der Waals surface area contributed by atoms with E-state index in [1.165, 1.54) is 4.90 Å². The van der Waals surface area contributed by atoms with E-state index in [9.17, 15) is 9.59 Å². The number of amides is 2. The Kier molecular flexibility index (Phi) is 3.45. The third-order valence-electron chi connectivity index (χ3n) is 3.14. The Labute approximate surface area is 113 Å². The number of benzene rings is 1. The minimum Gasteiger partial charge on any atom is -0.331 e. The normalized spacial score (nSPS) is 20.2. The molecule has 0 spiro atoms. The second kappa shape index (κ2) is 4.78. The van der Waals surface area contributed by atoms with E-state index in [1.54, 1.807) is 0 Å². The molecule has 0 radical (unpaired) electrons. The fraction of sp³-hybridized carbons (Fsp3) is 0.467. The van der Waals surface area contributed by atoms with Gasteiger partial charge < -0.3 is 5.32 Å². The van der Waals surface area contributed by atoms with Crippen molar-refractivity contribution < 1.29 is 14.9 Å². The van der Waals surface area contributed by atoms with Gasteiger partial charge in [0.2, 0.25) is 5.91 Å². The van der Waals surface area contributed by atoms with Gasteiger partial charge >= 0.3 is 0 Å². The maximum atomic E-state index is 12.4. The molecule has 19 heavy (non-hydrogen) atoms. The highest BCUT2D eigenvalue weighted by Crippen LogP contribution is 2.22. The quantitative estimate of drug-likeness (QED) is 0.807. The highest BCUT2D eigenvalue weighted by molar-refractivity contribution is 6.21. The van der Waals surface area contributed by atoms with Gasteiger partial charge in [-0.15, -0.1) is 0 Å². The zero-order chi connectivity index (χ0) is 14.2. The zero-order valence-corrected chi connectivity index (χ0v) is 11.9. The fourth-order valence-electron chi connectivity index (χ4n) is 2.43. The van der Waals surface area contributed by atoms with Crippen LogP contribution in [0.25, 0.3) is 0 Å². The summed E-state index contributed by atoms with van der Waals surface area (Å²) in [5.74, 6) is -0.216.